The summed E-state index contributed by atoms with van der Waals surface area (Å²) >= 11 is 6.01. The summed E-state index contributed by atoms with van der Waals surface area (Å²) in [6, 6.07) is 5.49. The molecule has 1 unspecified atom stereocenters. The highest BCUT2D eigenvalue weighted by molar-refractivity contribution is 6.31. The molecular formula is C16H14ClF2N5. The predicted molar refractivity (Wildman–Crippen MR) is 87.4 cm³/mol. The van der Waals surface area contributed by atoms with E-state index in [4.69, 9.17) is 11.6 Å². The fourth-order valence-electron chi connectivity index (χ4n) is 3.04. The second kappa shape index (κ2) is 5.98. The van der Waals surface area contributed by atoms with Crippen LogP contribution in [-0.2, 0) is 0 Å². The number of nitrogens with one attached hydrogen (secondary N) is 1. The highest BCUT2D eigenvalue weighted by atomic mass is 35.5. The lowest BCUT2D eigenvalue weighted by Crippen LogP contribution is -2.25. The smallest absolute Gasteiger partial charge is 0.266 e. The fraction of sp³-hybridized carbons (Fsp3) is 0.312. The van der Waals surface area contributed by atoms with Gasteiger partial charge in [-0.15, -0.1) is 0 Å². The second-order valence-electron chi connectivity index (χ2n) is 5.75. The molecule has 1 aliphatic rings. The van der Waals surface area contributed by atoms with Gasteiger partial charge in [0.15, 0.2) is 0 Å². The molecule has 0 spiro atoms. The molecule has 1 aromatic carbocycles. The van der Waals surface area contributed by atoms with E-state index >= 15 is 0 Å². The lowest BCUT2D eigenvalue weighted by atomic mass is 10.2. The molecule has 24 heavy (non-hydrogen) atoms. The van der Waals surface area contributed by atoms with Crippen LogP contribution in [0, 0.1) is 0 Å². The van der Waals surface area contributed by atoms with Crippen LogP contribution in [-0.4, -0.2) is 26.5 Å². The second-order valence-corrected chi connectivity index (χ2v) is 6.19. The molecule has 0 aliphatic carbocycles. The number of anilines is 1. The topological polar surface area (TPSA) is 57.7 Å². The standard InChI is InChI=1S/C16H14ClF2N5/c17-10-3-4-11-12(6-10)23-15(22-11)13-2-1-5-24(13)16-20-7-9(8-21-16)14(18)19/h3-4,6-8,13-14H,1-2,5H2,(H,22,23). The molecule has 1 fully saturated rings. The summed E-state index contributed by atoms with van der Waals surface area (Å²) in [6.07, 6.45) is 1.66. The third-order valence-electron chi connectivity index (χ3n) is 4.20. The highest BCUT2D eigenvalue weighted by Crippen LogP contribution is 2.34. The largest absolute Gasteiger partial charge is 0.340 e. The van der Waals surface area contributed by atoms with Crippen molar-refractivity contribution in [3.8, 4) is 0 Å². The molecule has 1 aliphatic heterocycles. The minimum absolute atomic E-state index is 0.00595. The van der Waals surface area contributed by atoms with Gasteiger partial charge < -0.3 is 9.88 Å². The quantitative estimate of drug-likeness (QED) is 0.766. The van der Waals surface area contributed by atoms with E-state index in [1.807, 2.05) is 17.0 Å². The molecule has 0 saturated carbocycles. The lowest BCUT2D eigenvalue weighted by molar-refractivity contribution is 0.150. The van der Waals surface area contributed by atoms with Crippen LogP contribution in [0.25, 0.3) is 11.0 Å². The number of H-pyrrole nitrogens is 1. The molecular weight excluding hydrogens is 336 g/mol. The summed E-state index contributed by atoms with van der Waals surface area (Å²) < 4.78 is 25.3. The monoisotopic (exact) mass is 349 g/mol. The molecule has 1 atom stereocenters. The van der Waals surface area contributed by atoms with E-state index in [2.05, 4.69) is 19.9 Å². The van der Waals surface area contributed by atoms with Crippen LogP contribution in [0.5, 0.6) is 0 Å². The molecule has 3 aromatic rings. The van der Waals surface area contributed by atoms with Gasteiger partial charge in [-0.3, -0.25) is 0 Å². The SMILES string of the molecule is FC(F)c1cnc(N2CCCC2c2nc3ccc(Cl)cc3[nH]2)nc1. The van der Waals surface area contributed by atoms with Crippen molar-refractivity contribution in [3.63, 3.8) is 0 Å². The first kappa shape index (κ1) is 15.3. The minimum atomic E-state index is -2.56. The average molecular weight is 350 g/mol. The van der Waals surface area contributed by atoms with E-state index in [9.17, 15) is 8.78 Å². The van der Waals surface area contributed by atoms with Crippen molar-refractivity contribution < 1.29 is 8.78 Å². The zero-order chi connectivity index (χ0) is 16.7. The highest BCUT2D eigenvalue weighted by Gasteiger charge is 2.30. The summed E-state index contributed by atoms with van der Waals surface area (Å²) in [6.45, 7) is 0.760. The summed E-state index contributed by atoms with van der Waals surface area (Å²) in [7, 11) is 0. The Hall–Kier alpha value is -2.28. The number of aromatic nitrogens is 4. The Kier molecular flexibility index (Phi) is 3.80. The van der Waals surface area contributed by atoms with E-state index < -0.39 is 6.43 Å². The van der Waals surface area contributed by atoms with Gasteiger partial charge in [0.05, 0.1) is 22.6 Å². The van der Waals surface area contributed by atoms with Crippen molar-refractivity contribution in [1.82, 2.24) is 19.9 Å². The molecule has 2 aromatic heterocycles. The zero-order valence-electron chi connectivity index (χ0n) is 12.6. The maximum absolute atomic E-state index is 12.6. The molecule has 0 amide bonds. The van der Waals surface area contributed by atoms with Crippen molar-refractivity contribution in [2.45, 2.75) is 25.3 Å². The van der Waals surface area contributed by atoms with Crippen molar-refractivity contribution in [3.05, 3.63) is 47.0 Å². The number of rotatable bonds is 3. The summed E-state index contributed by atoms with van der Waals surface area (Å²) in [5, 5.41) is 0.645. The summed E-state index contributed by atoms with van der Waals surface area (Å²) in [5.74, 6) is 1.26. The Bertz CT molecular complexity index is 865. The van der Waals surface area contributed by atoms with Gasteiger partial charge in [-0.25, -0.2) is 23.7 Å². The van der Waals surface area contributed by atoms with E-state index in [-0.39, 0.29) is 11.6 Å². The van der Waals surface area contributed by atoms with Gasteiger partial charge in [-0.05, 0) is 31.0 Å². The van der Waals surface area contributed by atoms with Crippen LogP contribution in [0.1, 0.15) is 36.7 Å². The number of aromatic amines is 1. The van der Waals surface area contributed by atoms with Crippen LogP contribution in [0.4, 0.5) is 14.7 Å². The number of hydrogen-bond acceptors (Lipinski definition) is 4. The van der Waals surface area contributed by atoms with Crippen LogP contribution >= 0.6 is 11.6 Å². The fourth-order valence-corrected chi connectivity index (χ4v) is 3.21. The Morgan fingerprint density at radius 1 is 1.25 bits per heavy atom. The summed E-state index contributed by atoms with van der Waals surface area (Å²) in [4.78, 5) is 18.1. The molecule has 1 N–H and O–H groups in total. The average Bonchev–Trinajstić information content (AvgIpc) is 3.20. The van der Waals surface area contributed by atoms with Crippen molar-refractivity contribution in [1.29, 1.82) is 0 Å². The lowest BCUT2D eigenvalue weighted by Gasteiger charge is -2.22. The normalized spacial score (nSPS) is 18.0. The first-order valence-electron chi connectivity index (χ1n) is 7.64. The van der Waals surface area contributed by atoms with Gasteiger partial charge in [0.1, 0.15) is 5.82 Å². The van der Waals surface area contributed by atoms with Crippen molar-refractivity contribution >= 4 is 28.6 Å². The van der Waals surface area contributed by atoms with E-state index in [1.54, 1.807) is 6.07 Å². The number of imidazole rings is 1. The first-order chi connectivity index (χ1) is 11.6. The van der Waals surface area contributed by atoms with E-state index in [1.165, 1.54) is 12.4 Å². The van der Waals surface area contributed by atoms with Crippen molar-refractivity contribution in [2.24, 2.45) is 0 Å². The maximum atomic E-state index is 12.6. The number of nitrogens with zero attached hydrogens (tertiary/aromatic N) is 4. The predicted octanol–water partition coefficient (Wildman–Crippen LogP) is 4.29. The zero-order valence-corrected chi connectivity index (χ0v) is 13.3. The third kappa shape index (κ3) is 2.69. The Labute approximate surface area is 141 Å². The number of hydrogen-bond donors (Lipinski definition) is 1. The number of halogens is 3. The maximum Gasteiger partial charge on any atom is 0.266 e. The van der Waals surface area contributed by atoms with Gasteiger partial charge in [0.25, 0.3) is 6.43 Å². The van der Waals surface area contributed by atoms with Crippen molar-refractivity contribution in [2.75, 3.05) is 11.4 Å². The molecule has 4 rings (SSSR count). The molecule has 8 heteroatoms. The molecule has 124 valence electrons. The molecule has 5 nitrogen and oxygen atoms in total. The molecule has 0 bridgehead atoms. The Morgan fingerprint density at radius 2 is 2.04 bits per heavy atom. The Balaban J connectivity index is 1.66. The van der Waals surface area contributed by atoms with Crippen LogP contribution in [0.3, 0.4) is 0 Å². The van der Waals surface area contributed by atoms with Crippen LogP contribution in [0.15, 0.2) is 30.6 Å². The first-order valence-corrected chi connectivity index (χ1v) is 8.01. The Morgan fingerprint density at radius 3 is 2.79 bits per heavy atom. The van der Waals surface area contributed by atoms with Gasteiger partial charge in [-0.1, -0.05) is 11.6 Å². The summed E-state index contributed by atoms with van der Waals surface area (Å²) in [5.41, 5.74) is 1.54. The number of alkyl halides is 2. The molecule has 3 heterocycles. The third-order valence-corrected chi connectivity index (χ3v) is 4.43. The van der Waals surface area contributed by atoms with Crippen LogP contribution < -0.4 is 4.90 Å². The van der Waals surface area contributed by atoms with Gasteiger partial charge in [0.2, 0.25) is 5.95 Å². The van der Waals surface area contributed by atoms with Gasteiger partial charge in [0, 0.05) is 24.0 Å². The minimum Gasteiger partial charge on any atom is -0.340 e. The number of benzene rings is 1. The molecule has 1 saturated heterocycles. The van der Waals surface area contributed by atoms with Gasteiger partial charge in [-0.2, -0.15) is 0 Å². The van der Waals surface area contributed by atoms with E-state index in [0.717, 1.165) is 36.2 Å². The van der Waals surface area contributed by atoms with Gasteiger partial charge >= 0.3 is 0 Å². The molecule has 0 radical (unpaired) electrons. The van der Waals surface area contributed by atoms with Crippen LogP contribution in [0.2, 0.25) is 5.02 Å². The van der Waals surface area contributed by atoms with E-state index in [0.29, 0.717) is 11.0 Å². The number of fused-ring (bicyclic) bond motifs is 1.